The smallest absolute Gasteiger partial charge is 0.168 e. The zero-order valence-electron chi connectivity index (χ0n) is 7.27. The van der Waals surface area contributed by atoms with Gasteiger partial charge in [0.15, 0.2) is 11.6 Å². The zero-order valence-corrected chi connectivity index (χ0v) is 8.86. The highest BCUT2D eigenvalue weighted by Crippen LogP contribution is 2.26. The van der Waals surface area contributed by atoms with Crippen molar-refractivity contribution in [2.24, 2.45) is 0 Å². The molecule has 0 atom stereocenters. The van der Waals surface area contributed by atoms with Gasteiger partial charge in [-0.25, -0.2) is 8.78 Å². The Morgan fingerprint density at radius 1 is 1.23 bits per heavy atom. The minimum atomic E-state index is -0.686. The van der Waals surface area contributed by atoms with Gasteiger partial charge in [-0.15, -0.1) is 0 Å². The molecular weight excluding hydrogens is 242 g/mol. The Kier molecular flexibility index (Phi) is 3.25. The molecule has 0 N–H and O–H groups in total. The lowest BCUT2D eigenvalue weighted by Crippen LogP contribution is -2.07. The average molecular weight is 251 g/mol. The van der Waals surface area contributed by atoms with Crippen LogP contribution in [0.1, 0.15) is 13.8 Å². The summed E-state index contributed by atoms with van der Waals surface area (Å²) in [6.45, 7) is 3.55. The van der Waals surface area contributed by atoms with Crippen molar-refractivity contribution >= 4 is 15.9 Å². The van der Waals surface area contributed by atoms with Gasteiger partial charge in [-0.1, -0.05) is 0 Å². The predicted molar refractivity (Wildman–Crippen MR) is 49.8 cm³/mol. The van der Waals surface area contributed by atoms with E-state index in [1.165, 1.54) is 6.07 Å². The summed E-state index contributed by atoms with van der Waals surface area (Å²) in [4.78, 5) is 0. The molecular formula is C9H9BrF2O. The van der Waals surface area contributed by atoms with Crippen LogP contribution in [0, 0.1) is 11.6 Å². The van der Waals surface area contributed by atoms with Gasteiger partial charge in [0.2, 0.25) is 0 Å². The van der Waals surface area contributed by atoms with Crippen LogP contribution in [0.5, 0.6) is 5.75 Å². The summed E-state index contributed by atoms with van der Waals surface area (Å²) in [5.74, 6) is -1.26. The van der Waals surface area contributed by atoms with Crippen LogP contribution in [0.4, 0.5) is 8.78 Å². The Morgan fingerprint density at radius 2 is 1.85 bits per heavy atom. The van der Waals surface area contributed by atoms with Gasteiger partial charge >= 0.3 is 0 Å². The van der Waals surface area contributed by atoms with E-state index in [2.05, 4.69) is 15.9 Å². The quantitative estimate of drug-likeness (QED) is 0.731. The lowest BCUT2D eigenvalue weighted by Gasteiger charge is -2.10. The monoisotopic (exact) mass is 250 g/mol. The summed E-state index contributed by atoms with van der Waals surface area (Å²) in [7, 11) is 0. The molecule has 0 heterocycles. The Hall–Kier alpha value is -0.640. The lowest BCUT2D eigenvalue weighted by molar-refractivity contribution is 0.230. The molecule has 0 aromatic heterocycles. The van der Waals surface area contributed by atoms with Crippen molar-refractivity contribution in [1.82, 2.24) is 0 Å². The molecule has 0 saturated carbocycles. The number of hydrogen-bond acceptors (Lipinski definition) is 1. The third-order valence-corrected chi connectivity index (χ3v) is 1.95. The van der Waals surface area contributed by atoms with Crippen LogP contribution in [0.15, 0.2) is 16.6 Å². The molecule has 0 aliphatic rings. The molecule has 0 spiro atoms. The zero-order chi connectivity index (χ0) is 10.0. The van der Waals surface area contributed by atoms with E-state index in [0.717, 1.165) is 6.07 Å². The van der Waals surface area contributed by atoms with Crippen LogP contribution in [0.2, 0.25) is 0 Å². The van der Waals surface area contributed by atoms with E-state index in [1.54, 1.807) is 13.8 Å². The largest absolute Gasteiger partial charge is 0.488 e. The first-order valence-electron chi connectivity index (χ1n) is 3.82. The summed E-state index contributed by atoms with van der Waals surface area (Å²) in [5.41, 5.74) is 0. The molecule has 1 aromatic rings. The van der Waals surface area contributed by atoms with E-state index in [9.17, 15) is 8.78 Å². The first kappa shape index (κ1) is 10.4. The van der Waals surface area contributed by atoms with Gasteiger partial charge in [-0.05, 0) is 29.8 Å². The fraction of sp³-hybridized carbons (Fsp3) is 0.333. The van der Waals surface area contributed by atoms with Crippen LogP contribution in [0.25, 0.3) is 0 Å². The van der Waals surface area contributed by atoms with Gasteiger partial charge < -0.3 is 4.74 Å². The third kappa shape index (κ3) is 2.66. The number of ether oxygens (including phenoxy) is 1. The first-order chi connectivity index (χ1) is 6.00. The van der Waals surface area contributed by atoms with E-state index >= 15 is 0 Å². The van der Waals surface area contributed by atoms with Crippen LogP contribution >= 0.6 is 15.9 Å². The van der Waals surface area contributed by atoms with E-state index in [1.807, 2.05) is 0 Å². The molecule has 0 aliphatic heterocycles. The third-order valence-electron chi connectivity index (χ3n) is 1.34. The molecule has 1 rings (SSSR count). The van der Waals surface area contributed by atoms with Gasteiger partial charge in [0.05, 0.1) is 10.6 Å². The Bertz CT molecular complexity index is 313. The predicted octanol–water partition coefficient (Wildman–Crippen LogP) is 3.51. The molecule has 1 nitrogen and oxygen atoms in total. The van der Waals surface area contributed by atoms with Crippen molar-refractivity contribution in [3.05, 3.63) is 28.2 Å². The highest BCUT2D eigenvalue weighted by Gasteiger charge is 2.09. The second kappa shape index (κ2) is 4.05. The normalized spacial score (nSPS) is 10.6. The summed E-state index contributed by atoms with van der Waals surface area (Å²) >= 11 is 2.95. The SMILES string of the molecule is CC(C)Oc1cc(Br)c(F)cc1F. The average Bonchev–Trinajstić information content (AvgIpc) is 1.99. The second-order valence-corrected chi connectivity index (χ2v) is 3.72. The topological polar surface area (TPSA) is 9.23 Å². The van der Waals surface area contributed by atoms with E-state index in [-0.39, 0.29) is 16.3 Å². The lowest BCUT2D eigenvalue weighted by atomic mass is 10.3. The van der Waals surface area contributed by atoms with Crippen molar-refractivity contribution < 1.29 is 13.5 Å². The number of halogens is 3. The fourth-order valence-electron chi connectivity index (χ4n) is 0.849. The molecule has 72 valence electrons. The molecule has 1 aromatic carbocycles. The summed E-state index contributed by atoms with van der Waals surface area (Å²) in [5, 5.41) is 0. The van der Waals surface area contributed by atoms with Crippen LogP contribution < -0.4 is 4.74 Å². The molecule has 0 unspecified atom stereocenters. The number of rotatable bonds is 2. The Morgan fingerprint density at radius 3 is 2.38 bits per heavy atom. The highest BCUT2D eigenvalue weighted by molar-refractivity contribution is 9.10. The summed E-state index contributed by atoms with van der Waals surface area (Å²) in [6, 6.07) is 2.08. The van der Waals surface area contributed by atoms with E-state index < -0.39 is 11.6 Å². The molecule has 0 aliphatic carbocycles. The van der Waals surface area contributed by atoms with Crippen molar-refractivity contribution in [2.75, 3.05) is 0 Å². The van der Waals surface area contributed by atoms with Gasteiger partial charge in [0.1, 0.15) is 5.82 Å². The molecule has 4 heteroatoms. The van der Waals surface area contributed by atoms with E-state index in [4.69, 9.17) is 4.74 Å². The molecule has 0 fully saturated rings. The number of hydrogen-bond donors (Lipinski definition) is 0. The van der Waals surface area contributed by atoms with Crippen molar-refractivity contribution in [2.45, 2.75) is 20.0 Å². The fourth-order valence-corrected chi connectivity index (χ4v) is 1.17. The molecule has 0 bridgehead atoms. The van der Waals surface area contributed by atoms with Crippen LogP contribution in [-0.2, 0) is 0 Å². The van der Waals surface area contributed by atoms with Crippen molar-refractivity contribution in [1.29, 1.82) is 0 Å². The molecule has 0 radical (unpaired) electrons. The Balaban J connectivity index is 3.01. The molecule has 0 amide bonds. The van der Waals surface area contributed by atoms with Crippen LogP contribution in [0.3, 0.4) is 0 Å². The van der Waals surface area contributed by atoms with Gasteiger partial charge in [-0.3, -0.25) is 0 Å². The van der Waals surface area contributed by atoms with Crippen molar-refractivity contribution in [3.8, 4) is 5.75 Å². The van der Waals surface area contributed by atoms with Gasteiger partial charge in [-0.2, -0.15) is 0 Å². The molecule has 0 saturated heterocycles. The summed E-state index contributed by atoms with van der Waals surface area (Å²) in [6.07, 6.45) is -0.133. The Labute approximate surface area is 83.8 Å². The van der Waals surface area contributed by atoms with Gasteiger partial charge in [0, 0.05) is 12.1 Å². The maximum absolute atomic E-state index is 13.0. The van der Waals surface area contributed by atoms with Gasteiger partial charge in [0.25, 0.3) is 0 Å². The molecule has 13 heavy (non-hydrogen) atoms. The second-order valence-electron chi connectivity index (χ2n) is 2.86. The standard InChI is InChI=1S/C9H9BrF2O/c1-5(2)13-9-3-6(10)7(11)4-8(9)12/h3-5H,1-2H3. The minimum Gasteiger partial charge on any atom is -0.488 e. The summed E-state index contributed by atoms with van der Waals surface area (Å²) < 4.78 is 31.1. The maximum atomic E-state index is 13.0. The van der Waals surface area contributed by atoms with Crippen LogP contribution in [-0.4, -0.2) is 6.10 Å². The van der Waals surface area contributed by atoms with Crippen molar-refractivity contribution in [3.63, 3.8) is 0 Å². The van der Waals surface area contributed by atoms with E-state index in [0.29, 0.717) is 0 Å². The first-order valence-corrected chi connectivity index (χ1v) is 4.61. The highest BCUT2D eigenvalue weighted by atomic mass is 79.9. The number of benzene rings is 1. The minimum absolute atomic E-state index is 0.0586. The maximum Gasteiger partial charge on any atom is 0.168 e.